The third kappa shape index (κ3) is 2.22. The zero-order valence-electron chi connectivity index (χ0n) is 13.0. The van der Waals surface area contributed by atoms with Crippen molar-refractivity contribution in [1.29, 1.82) is 0 Å². The number of likely N-dealkylation sites (tertiary alicyclic amines) is 1. The van der Waals surface area contributed by atoms with Gasteiger partial charge in [-0.05, 0) is 50.8 Å². The lowest BCUT2D eigenvalue weighted by atomic mass is 9.92. The second-order valence-electron chi connectivity index (χ2n) is 6.60. The Balaban J connectivity index is 1.59. The third-order valence-corrected chi connectivity index (χ3v) is 5.34. The largest absolute Gasteiger partial charge is 0.451 e. The lowest BCUT2D eigenvalue weighted by Crippen LogP contribution is -2.32. The number of benzene rings is 1. The van der Waals surface area contributed by atoms with Crippen molar-refractivity contribution in [3.63, 3.8) is 0 Å². The molecular formula is C18H22N2O2. The van der Waals surface area contributed by atoms with E-state index in [0.29, 0.717) is 5.76 Å². The van der Waals surface area contributed by atoms with E-state index in [1.165, 1.54) is 0 Å². The summed E-state index contributed by atoms with van der Waals surface area (Å²) in [5.74, 6) is 2.04. The Morgan fingerprint density at radius 2 is 1.86 bits per heavy atom. The number of furan rings is 1. The molecule has 2 atom stereocenters. The first-order valence-corrected chi connectivity index (χ1v) is 8.22. The van der Waals surface area contributed by atoms with Crippen LogP contribution in [0.5, 0.6) is 0 Å². The Morgan fingerprint density at radius 1 is 1.18 bits per heavy atom. The number of fused-ring (bicyclic) bond motifs is 2. The lowest BCUT2D eigenvalue weighted by molar-refractivity contribution is 0.0728. The summed E-state index contributed by atoms with van der Waals surface area (Å²) in [7, 11) is 0. The normalized spacial score (nSPS) is 25.2. The zero-order valence-corrected chi connectivity index (χ0v) is 13.0. The number of para-hydroxylation sites is 1. The van der Waals surface area contributed by atoms with E-state index >= 15 is 0 Å². The number of rotatable bonds is 1. The van der Waals surface area contributed by atoms with Gasteiger partial charge >= 0.3 is 0 Å². The van der Waals surface area contributed by atoms with E-state index in [2.05, 4.69) is 5.32 Å². The summed E-state index contributed by atoms with van der Waals surface area (Å²) in [6.45, 7) is 5.89. The van der Waals surface area contributed by atoms with E-state index in [9.17, 15) is 4.79 Å². The highest BCUT2D eigenvalue weighted by Gasteiger charge is 2.32. The molecule has 2 fully saturated rings. The molecule has 1 amide bonds. The monoisotopic (exact) mass is 298 g/mol. The summed E-state index contributed by atoms with van der Waals surface area (Å²) >= 11 is 0. The second-order valence-corrected chi connectivity index (χ2v) is 6.60. The van der Waals surface area contributed by atoms with Crippen LogP contribution in [0.2, 0.25) is 0 Å². The molecule has 0 unspecified atom stereocenters. The summed E-state index contributed by atoms with van der Waals surface area (Å²) in [6.07, 6.45) is 2.20. The van der Waals surface area contributed by atoms with Crippen molar-refractivity contribution >= 4 is 16.9 Å². The number of nitrogens with zero attached hydrogens (tertiary/aromatic N) is 1. The van der Waals surface area contributed by atoms with Gasteiger partial charge in [0.2, 0.25) is 0 Å². The maximum absolute atomic E-state index is 12.9. The maximum Gasteiger partial charge on any atom is 0.289 e. The topological polar surface area (TPSA) is 45.5 Å². The van der Waals surface area contributed by atoms with E-state index in [0.717, 1.165) is 67.4 Å². The van der Waals surface area contributed by atoms with Gasteiger partial charge in [-0.3, -0.25) is 4.79 Å². The van der Waals surface area contributed by atoms with Gasteiger partial charge in [0.25, 0.3) is 5.91 Å². The molecule has 4 nitrogen and oxygen atoms in total. The minimum Gasteiger partial charge on any atom is -0.451 e. The average Bonchev–Trinajstić information content (AvgIpc) is 3.06. The SMILES string of the molecule is Cc1c(C(=O)N2CC[C@@H]3CNC[C@@H]3CC2)oc2ccccc12. The standard InChI is InChI=1S/C18H22N2O2/c1-12-15-4-2-3-5-16(15)22-17(12)18(21)20-8-6-13-10-19-11-14(13)7-9-20/h2-5,13-14,19H,6-11H2,1H3/t13-,14+. The summed E-state index contributed by atoms with van der Waals surface area (Å²) in [5.41, 5.74) is 1.77. The molecule has 0 aliphatic carbocycles. The molecule has 0 bridgehead atoms. The van der Waals surface area contributed by atoms with Crippen LogP contribution in [-0.4, -0.2) is 37.0 Å². The van der Waals surface area contributed by atoms with Crippen molar-refractivity contribution in [2.45, 2.75) is 19.8 Å². The Bertz CT molecular complexity index is 692. The maximum atomic E-state index is 12.9. The molecule has 22 heavy (non-hydrogen) atoms. The number of amides is 1. The van der Waals surface area contributed by atoms with Crippen LogP contribution in [0, 0.1) is 18.8 Å². The van der Waals surface area contributed by atoms with E-state index < -0.39 is 0 Å². The fourth-order valence-electron chi connectivity index (χ4n) is 3.94. The van der Waals surface area contributed by atoms with E-state index in [1.54, 1.807) is 0 Å². The van der Waals surface area contributed by atoms with Gasteiger partial charge in [0.1, 0.15) is 5.58 Å². The Kier molecular flexibility index (Phi) is 3.41. The van der Waals surface area contributed by atoms with Crippen LogP contribution in [-0.2, 0) is 0 Å². The Hall–Kier alpha value is -1.81. The van der Waals surface area contributed by atoms with Crippen LogP contribution < -0.4 is 5.32 Å². The predicted octanol–water partition coefficient (Wildman–Crippen LogP) is 2.81. The van der Waals surface area contributed by atoms with Crippen molar-refractivity contribution in [3.8, 4) is 0 Å². The number of aryl methyl sites for hydroxylation is 1. The van der Waals surface area contributed by atoms with Crippen LogP contribution in [0.3, 0.4) is 0 Å². The summed E-state index contributed by atoms with van der Waals surface area (Å²) < 4.78 is 5.85. The second kappa shape index (κ2) is 5.43. The number of carbonyl (C=O) groups is 1. The summed E-state index contributed by atoms with van der Waals surface area (Å²) in [4.78, 5) is 14.9. The third-order valence-electron chi connectivity index (χ3n) is 5.34. The fraction of sp³-hybridized carbons (Fsp3) is 0.500. The zero-order chi connectivity index (χ0) is 15.1. The summed E-state index contributed by atoms with van der Waals surface area (Å²) in [6, 6.07) is 7.87. The highest BCUT2D eigenvalue weighted by molar-refractivity contribution is 5.98. The predicted molar refractivity (Wildman–Crippen MR) is 85.9 cm³/mol. The van der Waals surface area contributed by atoms with Gasteiger partial charge < -0.3 is 14.6 Å². The summed E-state index contributed by atoms with van der Waals surface area (Å²) in [5, 5.41) is 4.52. The molecule has 116 valence electrons. The van der Waals surface area contributed by atoms with Gasteiger partial charge in [-0.25, -0.2) is 0 Å². The van der Waals surface area contributed by atoms with Crippen LogP contribution in [0.1, 0.15) is 29.0 Å². The van der Waals surface area contributed by atoms with Crippen LogP contribution in [0.15, 0.2) is 28.7 Å². The smallest absolute Gasteiger partial charge is 0.289 e. The molecule has 1 aromatic carbocycles. The van der Waals surface area contributed by atoms with Crippen molar-refractivity contribution in [2.75, 3.05) is 26.2 Å². The number of hydrogen-bond acceptors (Lipinski definition) is 3. The molecule has 4 heteroatoms. The molecule has 2 saturated heterocycles. The molecule has 2 aliphatic heterocycles. The molecule has 3 heterocycles. The van der Waals surface area contributed by atoms with Crippen molar-refractivity contribution < 1.29 is 9.21 Å². The quantitative estimate of drug-likeness (QED) is 0.880. The molecule has 4 rings (SSSR count). The van der Waals surface area contributed by atoms with Gasteiger partial charge in [-0.1, -0.05) is 18.2 Å². The number of hydrogen-bond donors (Lipinski definition) is 1. The van der Waals surface area contributed by atoms with Gasteiger partial charge in [-0.2, -0.15) is 0 Å². The molecule has 2 aliphatic rings. The molecular weight excluding hydrogens is 276 g/mol. The molecule has 0 radical (unpaired) electrons. The van der Waals surface area contributed by atoms with Crippen LogP contribution in [0.25, 0.3) is 11.0 Å². The molecule has 0 saturated carbocycles. The van der Waals surface area contributed by atoms with Crippen molar-refractivity contribution in [1.82, 2.24) is 10.2 Å². The first kappa shape index (κ1) is 13.8. The Labute approximate surface area is 130 Å². The van der Waals surface area contributed by atoms with E-state index in [4.69, 9.17) is 4.42 Å². The number of nitrogens with one attached hydrogen (secondary N) is 1. The molecule has 1 N–H and O–H groups in total. The van der Waals surface area contributed by atoms with E-state index in [-0.39, 0.29) is 5.91 Å². The molecule has 2 aromatic rings. The van der Waals surface area contributed by atoms with Gasteiger partial charge in [-0.15, -0.1) is 0 Å². The van der Waals surface area contributed by atoms with Crippen LogP contribution >= 0.6 is 0 Å². The number of carbonyl (C=O) groups excluding carboxylic acids is 1. The molecule has 1 aromatic heterocycles. The highest BCUT2D eigenvalue weighted by Crippen LogP contribution is 2.30. The van der Waals surface area contributed by atoms with Crippen molar-refractivity contribution in [3.05, 3.63) is 35.6 Å². The first-order valence-electron chi connectivity index (χ1n) is 8.22. The fourth-order valence-corrected chi connectivity index (χ4v) is 3.94. The van der Waals surface area contributed by atoms with Crippen molar-refractivity contribution in [2.24, 2.45) is 11.8 Å². The van der Waals surface area contributed by atoms with Gasteiger partial charge in [0.15, 0.2) is 5.76 Å². The van der Waals surface area contributed by atoms with E-state index in [1.807, 2.05) is 36.1 Å². The highest BCUT2D eigenvalue weighted by atomic mass is 16.3. The molecule has 0 spiro atoms. The van der Waals surface area contributed by atoms with Gasteiger partial charge in [0.05, 0.1) is 0 Å². The first-order chi connectivity index (χ1) is 10.7. The van der Waals surface area contributed by atoms with Crippen LogP contribution in [0.4, 0.5) is 0 Å². The minimum absolute atomic E-state index is 0.0571. The van der Waals surface area contributed by atoms with Gasteiger partial charge in [0, 0.05) is 24.0 Å². The minimum atomic E-state index is 0.0571. The average molecular weight is 298 g/mol. The lowest BCUT2D eigenvalue weighted by Gasteiger charge is -2.20. The Morgan fingerprint density at radius 3 is 2.55 bits per heavy atom.